The predicted octanol–water partition coefficient (Wildman–Crippen LogP) is 3.32. The third-order valence-electron chi connectivity index (χ3n) is 4.15. The molecule has 0 fully saturated rings. The number of H-pyrrole nitrogens is 1. The van der Waals surface area contributed by atoms with Crippen molar-refractivity contribution in [2.24, 2.45) is 0 Å². The van der Waals surface area contributed by atoms with Crippen molar-refractivity contribution in [3.05, 3.63) is 82.6 Å². The zero-order valence-electron chi connectivity index (χ0n) is 14.1. The quantitative estimate of drug-likeness (QED) is 0.498. The molecule has 5 nitrogen and oxygen atoms in total. The average Bonchev–Trinajstić information content (AvgIpc) is 3.07. The van der Waals surface area contributed by atoms with Gasteiger partial charge in [-0.05, 0) is 31.2 Å². The third kappa shape index (κ3) is 3.88. The van der Waals surface area contributed by atoms with Gasteiger partial charge in [0.2, 0.25) is 0 Å². The second kappa shape index (κ2) is 7.45. The smallest absolute Gasteiger partial charge is 0.172 e. The van der Waals surface area contributed by atoms with Gasteiger partial charge in [-0.15, -0.1) is 0 Å². The molecule has 0 aliphatic carbocycles. The molecule has 3 aromatic rings. The van der Waals surface area contributed by atoms with Crippen LogP contribution in [0.4, 0.5) is 4.39 Å². The van der Waals surface area contributed by atoms with Gasteiger partial charge in [0.1, 0.15) is 11.6 Å². The molecule has 0 bridgehead atoms. The van der Waals surface area contributed by atoms with Crippen LogP contribution in [0.1, 0.15) is 23.7 Å². The van der Waals surface area contributed by atoms with Gasteiger partial charge in [0.15, 0.2) is 5.72 Å². The molecule has 1 aromatic heterocycles. The molecule has 0 aliphatic rings. The molecular weight excluding hydrogens is 357 g/mol. The summed E-state index contributed by atoms with van der Waals surface area (Å²) in [5.41, 5.74) is -0.216. The number of halogens is 2. The van der Waals surface area contributed by atoms with Crippen LogP contribution < -0.4 is 5.32 Å². The molecule has 2 aromatic carbocycles. The molecule has 0 amide bonds. The number of rotatable bonds is 6. The largest absolute Gasteiger partial charge is 0.507 e. The number of imidazole rings is 1. The molecule has 1 unspecified atom stereocenters. The molecule has 0 aliphatic heterocycles. The molecule has 0 radical (unpaired) electrons. The van der Waals surface area contributed by atoms with E-state index in [1.165, 1.54) is 12.1 Å². The number of phenolic OH excluding ortho intramolecular Hbond substituents is 1. The lowest BCUT2D eigenvalue weighted by Gasteiger charge is -2.34. The van der Waals surface area contributed by atoms with Gasteiger partial charge in [-0.25, -0.2) is 9.37 Å². The summed E-state index contributed by atoms with van der Waals surface area (Å²) >= 11 is 5.95. The maximum Gasteiger partial charge on any atom is 0.172 e. The van der Waals surface area contributed by atoms with E-state index in [4.69, 9.17) is 11.6 Å². The van der Waals surface area contributed by atoms with E-state index in [0.717, 1.165) is 11.8 Å². The highest BCUT2D eigenvalue weighted by molar-refractivity contribution is 6.30. The van der Waals surface area contributed by atoms with E-state index in [-0.39, 0.29) is 17.4 Å². The number of aliphatic hydroxyl groups is 1. The molecule has 26 heavy (non-hydrogen) atoms. The van der Waals surface area contributed by atoms with E-state index in [1.807, 2.05) is 6.92 Å². The van der Waals surface area contributed by atoms with Crippen molar-refractivity contribution in [2.75, 3.05) is 0 Å². The Morgan fingerprint density at radius 1 is 1.27 bits per heavy atom. The summed E-state index contributed by atoms with van der Waals surface area (Å²) in [5, 5.41) is 25.3. The Morgan fingerprint density at radius 3 is 2.62 bits per heavy atom. The van der Waals surface area contributed by atoms with Crippen LogP contribution in [-0.2, 0) is 12.1 Å². The van der Waals surface area contributed by atoms with Crippen molar-refractivity contribution in [1.29, 1.82) is 0 Å². The number of phenols is 1. The summed E-state index contributed by atoms with van der Waals surface area (Å²) < 4.78 is 13.4. The maximum atomic E-state index is 13.4. The van der Waals surface area contributed by atoms with Crippen LogP contribution in [0.3, 0.4) is 0 Å². The molecular formula is C19H19ClFN3O2. The lowest BCUT2D eigenvalue weighted by atomic mass is 9.92. The predicted molar refractivity (Wildman–Crippen MR) is 97.4 cm³/mol. The minimum atomic E-state index is -1.73. The maximum absolute atomic E-state index is 13.4. The Bertz CT molecular complexity index is 871. The normalized spacial score (nSPS) is 14.8. The van der Waals surface area contributed by atoms with Crippen molar-refractivity contribution in [1.82, 2.24) is 15.3 Å². The Morgan fingerprint density at radius 2 is 2.00 bits per heavy atom. The number of nitrogens with one attached hydrogen (secondary N) is 2. The number of nitrogens with zero attached hydrogens (tertiary/aromatic N) is 1. The first-order valence-corrected chi connectivity index (χ1v) is 8.48. The molecule has 136 valence electrons. The van der Waals surface area contributed by atoms with Crippen LogP contribution >= 0.6 is 11.6 Å². The second-order valence-corrected chi connectivity index (χ2v) is 6.64. The topological polar surface area (TPSA) is 81.2 Å². The molecule has 3 rings (SSSR count). The van der Waals surface area contributed by atoms with Gasteiger partial charge in [0.05, 0.1) is 6.33 Å². The number of aromatic hydroxyl groups is 1. The highest BCUT2D eigenvalue weighted by atomic mass is 35.5. The number of aromatic nitrogens is 2. The van der Waals surface area contributed by atoms with Gasteiger partial charge >= 0.3 is 0 Å². The van der Waals surface area contributed by atoms with Crippen molar-refractivity contribution in [2.45, 2.75) is 25.1 Å². The van der Waals surface area contributed by atoms with Crippen LogP contribution in [0.2, 0.25) is 5.02 Å². The fourth-order valence-corrected chi connectivity index (χ4v) is 3.08. The van der Waals surface area contributed by atoms with Gasteiger partial charge in [0.25, 0.3) is 0 Å². The van der Waals surface area contributed by atoms with E-state index in [0.29, 0.717) is 17.0 Å². The summed E-state index contributed by atoms with van der Waals surface area (Å²) in [7, 11) is 0. The van der Waals surface area contributed by atoms with E-state index in [9.17, 15) is 14.6 Å². The zero-order chi connectivity index (χ0) is 18.7. The van der Waals surface area contributed by atoms with Crippen molar-refractivity contribution >= 4 is 11.6 Å². The summed E-state index contributed by atoms with van der Waals surface area (Å²) in [4.78, 5) is 6.99. The molecule has 1 heterocycles. The average molecular weight is 376 g/mol. The summed E-state index contributed by atoms with van der Waals surface area (Å²) in [6.45, 7) is 1.89. The Balaban J connectivity index is 1.99. The van der Waals surface area contributed by atoms with E-state index >= 15 is 0 Å². The Kier molecular flexibility index (Phi) is 5.27. The van der Waals surface area contributed by atoms with E-state index in [1.54, 1.807) is 36.8 Å². The van der Waals surface area contributed by atoms with Crippen LogP contribution in [-0.4, -0.2) is 26.2 Å². The molecule has 4 N–H and O–H groups in total. The molecule has 0 spiro atoms. The summed E-state index contributed by atoms with van der Waals surface area (Å²) in [6.07, 6.45) is 3.85. The molecule has 7 heteroatoms. The zero-order valence-corrected chi connectivity index (χ0v) is 14.8. The van der Waals surface area contributed by atoms with E-state index < -0.39 is 11.5 Å². The SMILES string of the molecule is C[C@H](Cc1cnc[nH]1)NC(O)(c1ccc(Cl)cc1)c1ccc(F)cc1O. The number of hydrogen-bond acceptors (Lipinski definition) is 4. The van der Waals surface area contributed by atoms with Gasteiger partial charge in [-0.3, -0.25) is 5.32 Å². The van der Waals surface area contributed by atoms with Crippen molar-refractivity contribution in [3.8, 4) is 5.75 Å². The van der Waals surface area contributed by atoms with Gasteiger partial charge < -0.3 is 15.2 Å². The Labute approximate surface area is 155 Å². The first-order valence-electron chi connectivity index (χ1n) is 8.11. The van der Waals surface area contributed by atoms with Crippen molar-refractivity contribution < 1.29 is 14.6 Å². The lowest BCUT2D eigenvalue weighted by molar-refractivity contribution is 0.0298. The van der Waals surface area contributed by atoms with Crippen molar-refractivity contribution in [3.63, 3.8) is 0 Å². The van der Waals surface area contributed by atoms with E-state index in [2.05, 4.69) is 15.3 Å². The second-order valence-electron chi connectivity index (χ2n) is 6.21. The summed E-state index contributed by atoms with van der Waals surface area (Å²) in [6, 6.07) is 9.92. The van der Waals surface area contributed by atoms with Crippen LogP contribution in [0, 0.1) is 5.82 Å². The lowest BCUT2D eigenvalue weighted by Crippen LogP contribution is -2.48. The fraction of sp³-hybridized carbons (Fsp3) is 0.211. The van der Waals surface area contributed by atoms with Gasteiger partial charge in [-0.2, -0.15) is 0 Å². The van der Waals surface area contributed by atoms with Crippen LogP contribution in [0.25, 0.3) is 0 Å². The highest BCUT2D eigenvalue weighted by Gasteiger charge is 2.35. The molecule has 0 saturated heterocycles. The van der Waals surface area contributed by atoms with Gasteiger partial charge in [-0.1, -0.05) is 23.7 Å². The fourth-order valence-electron chi connectivity index (χ4n) is 2.95. The standard InChI is InChI=1S/C19H19ClFN3O2/c1-12(8-16-10-22-11-23-16)24-19(26,13-2-4-14(20)5-3-13)17-7-6-15(21)9-18(17)25/h2-7,9-12,24-26H,8H2,1H3,(H,22,23)/t12-,19?/m1/s1. The van der Waals surface area contributed by atoms with Crippen LogP contribution in [0.15, 0.2) is 55.0 Å². The minimum absolute atomic E-state index is 0.151. The highest BCUT2D eigenvalue weighted by Crippen LogP contribution is 2.34. The van der Waals surface area contributed by atoms with Crippen LogP contribution in [0.5, 0.6) is 5.75 Å². The number of benzene rings is 2. The number of aromatic amines is 1. The summed E-state index contributed by atoms with van der Waals surface area (Å²) in [5.74, 6) is -0.932. The minimum Gasteiger partial charge on any atom is -0.507 e. The van der Waals surface area contributed by atoms with Gasteiger partial charge in [0, 0.05) is 46.6 Å². The molecule has 0 saturated carbocycles. The first kappa shape index (κ1) is 18.4. The Hall–Kier alpha value is -2.41. The molecule has 2 atom stereocenters. The third-order valence-corrected chi connectivity index (χ3v) is 4.40. The first-order chi connectivity index (χ1) is 12.4. The monoisotopic (exact) mass is 375 g/mol. The number of hydrogen-bond donors (Lipinski definition) is 4.